The third-order valence-corrected chi connectivity index (χ3v) is 3.35. The van der Waals surface area contributed by atoms with E-state index in [2.05, 4.69) is 65.5 Å². The fourth-order valence-corrected chi connectivity index (χ4v) is 2.59. The number of rotatable bonds is 2. The molecule has 0 saturated carbocycles. The Hall–Kier alpha value is -1.30. The van der Waals surface area contributed by atoms with Crippen molar-refractivity contribution in [1.29, 1.82) is 0 Å². The van der Waals surface area contributed by atoms with Crippen molar-refractivity contribution >= 4 is 0 Å². The monoisotopic (exact) mass is 214 g/mol. The molecule has 0 nitrogen and oxygen atoms in total. The Morgan fingerprint density at radius 3 is 2.25 bits per heavy atom. The molecule has 0 spiro atoms. The molecule has 0 atom stereocenters. The lowest BCUT2D eigenvalue weighted by atomic mass is 9.80. The van der Waals surface area contributed by atoms with Gasteiger partial charge in [-0.15, -0.1) is 0 Å². The molecule has 1 aliphatic rings. The van der Waals surface area contributed by atoms with Gasteiger partial charge in [-0.3, -0.25) is 0 Å². The van der Waals surface area contributed by atoms with Crippen molar-refractivity contribution < 1.29 is 0 Å². The lowest BCUT2D eigenvalue weighted by Gasteiger charge is -2.23. The summed E-state index contributed by atoms with van der Waals surface area (Å²) in [6, 6.07) is 0. The second-order valence-electron chi connectivity index (χ2n) is 4.68. The standard InChI is InChI=1S/C16H22/c1-7-10-14-12(4)13(9-3)15(11-8-2)16(14,5)6/h7-11H,2H2,1,3-6H3/b10-7-,13-9-,15-11+. The van der Waals surface area contributed by atoms with E-state index >= 15 is 0 Å². The Morgan fingerprint density at radius 2 is 1.81 bits per heavy atom. The van der Waals surface area contributed by atoms with Crippen LogP contribution in [0.25, 0.3) is 0 Å². The van der Waals surface area contributed by atoms with Crippen LogP contribution in [0, 0.1) is 5.41 Å². The first-order valence-corrected chi connectivity index (χ1v) is 5.85. The van der Waals surface area contributed by atoms with Gasteiger partial charge in [0.15, 0.2) is 0 Å². The predicted molar refractivity (Wildman–Crippen MR) is 73.3 cm³/mol. The van der Waals surface area contributed by atoms with E-state index in [-0.39, 0.29) is 5.41 Å². The molecule has 86 valence electrons. The van der Waals surface area contributed by atoms with Gasteiger partial charge in [-0.1, -0.05) is 50.8 Å². The molecule has 0 N–H and O–H groups in total. The van der Waals surface area contributed by atoms with E-state index in [4.69, 9.17) is 0 Å². The lowest BCUT2D eigenvalue weighted by molar-refractivity contribution is 0.578. The molecule has 0 fully saturated rings. The van der Waals surface area contributed by atoms with Crippen LogP contribution in [0.15, 0.2) is 59.3 Å². The molecule has 0 amide bonds. The molecule has 0 bridgehead atoms. The zero-order valence-electron chi connectivity index (χ0n) is 11.1. The maximum absolute atomic E-state index is 3.81. The minimum Gasteiger partial charge on any atom is -0.0991 e. The van der Waals surface area contributed by atoms with Crippen LogP contribution in [-0.2, 0) is 0 Å². The van der Waals surface area contributed by atoms with Gasteiger partial charge in [0.25, 0.3) is 0 Å². The van der Waals surface area contributed by atoms with Crippen LogP contribution in [0.2, 0.25) is 0 Å². The molecule has 16 heavy (non-hydrogen) atoms. The summed E-state index contributed by atoms with van der Waals surface area (Å²) in [5.41, 5.74) is 5.62. The summed E-state index contributed by atoms with van der Waals surface area (Å²) in [4.78, 5) is 0. The maximum atomic E-state index is 3.81. The van der Waals surface area contributed by atoms with E-state index in [1.807, 2.05) is 6.08 Å². The van der Waals surface area contributed by atoms with Crippen LogP contribution in [-0.4, -0.2) is 0 Å². The Balaban J connectivity index is 3.46. The van der Waals surface area contributed by atoms with Gasteiger partial charge in [-0.25, -0.2) is 0 Å². The van der Waals surface area contributed by atoms with Crippen molar-refractivity contribution in [2.24, 2.45) is 5.41 Å². The summed E-state index contributed by atoms with van der Waals surface area (Å²) >= 11 is 0. The summed E-state index contributed by atoms with van der Waals surface area (Å²) in [6.45, 7) is 14.7. The van der Waals surface area contributed by atoms with Crippen molar-refractivity contribution in [2.45, 2.75) is 34.6 Å². The van der Waals surface area contributed by atoms with Crippen LogP contribution in [0.3, 0.4) is 0 Å². The lowest BCUT2D eigenvalue weighted by Crippen LogP contribution is -2.12. The summed E-state index contributed by atoms with van der Waals surface area (Å²) < 4.78 is 0. The van der Waals surface area contributed by atoms with E-state index < -0.39 is 0 Å². The Morgan fingerprint density at radius 1 is 1.19 bits per heavy atom. The molecule has 0 saturated heterocycles. The van der Waals surface area contributed by atoms with Gasteiger partial charge in [0.1, 0.15) is 0 Å². The van der Waals surface area contributed by atoms with Crippen LogP contribution >= 0.6 is 0 Å². The highest BCUT2D eigenvalue weighted by Crippen LogP contribution is 2.50. The Labute approximate surface area is 99.8 Å². The molecule has 0 unspecified atom stereocenters. The van der Waals surface area contributed by atoms with Gasteiger partial charge in [0.05, 0.1) is 0 Å². The highest BCUT2D eigenvalue weighted by atomic mass is 14.4. The van der Waals surface area contributed by atoms with Crippen LogP contribution in [0.5, 0.6) is 0 Å². The first-order chi connectivity index (χ1) is 7.50. The van der Waals surface area contributed by atoms with E-state index in [9.17, 15) is 0 Å². The molecule has 0 aromatic carbocycles. The van der Waals surface area contributed by atoms with Crippen molar-refractivity contribution in [2.75, 3.05) is 0 Å². The van der Waals surface area contributed by atoms with Crippen molar-refractivity contribution in [1.82, 2.24) is 0 Å². The molecular formula is C16H22. The fraction of sp³-hybridized carbons (Fsp3) is 0.375. The zero-order valence-corrected chi connectivity index (χ0v) is 11.1. The first-order valence-electron chi connectivity index (χ1n) is 5.85. The van der Waals surface area contributed by atoms with Crippen molar-refractivity contribution in [3.05, 3.63) is 59.3 Å². The molecular weight excluding hydrogens is 192 g/mol. The quantitative estimate of drug-likeness (QED) is 0.608. The molecule has 0 aromatic rings. The maximum Gasteiger partial charge on any atom is 0.0155 e. The van der Waals surface area contributed by atoms with Crippen LogP contribution in [0.1, 0.15) is 34.6 Å². The van der Waals surface area contributed by atoms with Gasteiger partial charge >= 0.3 is 0 Å². The SMILES string of the molecule is C=C/C=C1\C(=C/C)C(C)=C(/C=C\C)C1(C)C. The summed E-state index contributed by atoms with van der Waals surface area (Å²) in [5, 5.41) is 0. The normalized spacial score (nSPS) is 25.1. The highest BCUT2D eigenvalue weighted by Gasteiger charge is 2.36. The summed E-state index contributed by atoms with van der Waals surface area (Å²) in [6.07, 6.45) is 10.6. The Kier molecular flexibility index (Phi) is 3.74. The molecule has 0 aromatic heterocycles. The highest BCUT2D eigenvalue weighted by molar-refractivity contribution is 5.64. The predicted octanol–water partition coefficient (Wildman–Crippen LogP) is 4.98. The fourth-order valence-electron chi connectivity index (χ4n) is 2.59. The average molecular weight is 214 g/mol. The van der Waals surface area contributed by atoms with E-state index in [1.165, 1.54) is 22.3 Å². The summed E-state index contributed by atoms with van der Waals surface area (Å²) in [5.74, 6) is 0. The van der Waals surface area contributed by atoms with Gasteiger partial charge in [-0.05, 0) is 43.1 Å². The topological polar surface area (TPSA) is 0 Å². The minimum atomic E-state index is 0.0899. The van der Waals surface area contributed by atoms with Crippen LogP contribution in [0.4, 0.5) is 0 Å². The van der Waals surface area contributed by atoms with E-state index in [0.717, 1.165) is 0 Å². The van der Waals surface area contributed by atoms with Crippen LogP contribution < -0.4 is 0 Å². The Bertz CT molecular complexity index is 409. The molecule has 0 aliphatic heterocycles. The van der Waals surface area contributed by atoms with Gasteiger partial charge in [-0.2, -0.15) is 0 Å². The summed E-state index contributed by atoms with van der Waals surface area (Å²) in [7, 11) is 0. The molecule has 1 rings (SSSR count). The van der Waals surface area contributed by atoms with Gasteiger partial charge < -0.3 is 0 Å². The molecule has 0 radical (unpaired) electrons. The number of hydrogen-bond donors (Lipinski definition) is 0. The zero-order chi connectivity index (χ0) is 12.3. The second kappa shape index (κ2) is 4.69. The number of allylic oxidation sites excluding steroid dienone is 9. The van der Waals surface area contributed by atoms with Crippen molar-refractivity contribution in [3.63, 3.8) is 0 Å². The van der Waals surface area contributed by atoms with Crippen molar-refractivity contribution in [3.8, 4) is 0 Å². The minimum absolute atomic E-state index is 0.0899. The van der Waals surface area contributed by atoms with E-state index in [0.29, 0.717) is 0 Å². The van der Waals surface area contributed by atoms with Gasteiger partial charge in [0.2, 0.25) is 0 Å². The smallest absolute Gasteiger partial charge is 0.0155 e. The average Bonchev–Trinajstić information content (AvgIpc) is 2.40. The van der Waals surface area contributed by atoms with E-state index in [1.54, 1.807) is 0 Å². The number of hydrogen-bond acceptors (Lipinski definition) is 0. The third kappa shape index (κ3) is 1.84. The largest absolute Gasteiger partial charge is 0.0991 e. The molecule has 0 heteroatoms. The molecule has 1 aliphatic carbocycles. The first kappa shape index (κ1) is 12.8. The second-order valence-corrected chi connectivity index (χ2v) is 4.68. The van der Waals surface area contributed by atoms with Gasteiger partial charge in [0, 0.05) is 5.41 Å². The molecule has 0 heterocycles. The third-order valence-electron chi connectivity index (χ3n) is 3.35.